The molecule has 0 radical (unpaired) electrons. The van der Waals surface area contributed by atoms with E-state index in [-0.39, 0.29) is 11.4 Å². The summed E-state index contributed by atoms with van der Waals surface area (Å²) in [6.07, 6.45) is 1.55. The number of hydrogen-bond donors (Lipinski definition) is 3. The molecular formula is C18H19N3O4. The predicted octanol–water partition coefficient (Wildman–Crippen LogP) is 3.06. The van der Waals surface area contributed by atoms with E-state index < -0.39 is 0 Å². The summed E-state index contributed by atoms with van der Waals surface area (Å²) in [6.45, 7) is 0. The highest BCUT2D eigenvalue weighted by atomic mass is 16.5. The third kappa shape index (κ3) is 2.91. The van der Waals surface area contributed by atoms with E-state index in [4.69, 9.17) is 19.9 Å². The molecule has 3 rings (SSSR count). The summed E-state index contributed by atoms with van der Waals surface area (Å²) in [7, 11) is 4.66. The second kappa shape index (κ2) is 6.64. The van der Waals surface area contributed by atoms with Crippen molar-refractivity contribution in [3.8, 4) is 45.5 Å². The summed E-state index contributed by atoms with van der Waals surface area (Å²) >= 11 is 0. The Morgan fingerprint density at radius 2 is 1.68 bits per heavy atom. The number of hydrogen-bond acceptors (Lipinski definition) is 6. The van der Waals surface area contributed by atoms with Gasteiger partial charge in [0.15, 0.2) is 5.75 Å². The minimum Gasteiger partial charge on any atom is -0.505 e. The lowest BCUT2D eigenvalue weighted by Gasteiger charge is -2.12. The van der Waals surface area contributed by atoms with E-state index in [1.165, 1.54) is 7.11 Å². The van der Waals surface area contributed by atoms with Gasteiger partial charge in [0.05, 0.1) is 39.0 Å². The van der Waals surface area contributed by atoms with Crippen LogP contribution in [0, 0.1) is 0 Å². The van der Waals surface area contributed by atoms with Crippen molar-refractivity contribution in [2.45, 2.75) is 0 Å². The maximum absolute atomic E-state index is 10.5. The number of H-pyrrole nitrogens is 1. The molecule has 0 bridgehead atoms. The van der Waals surface area contributed by atoms with Crippen LogP contribution in [0.15, 0.2) is 36.7 Å². The highest BCUT2D eigenvalue weighted by Crippen LogP contribution is 2.42. The highest BCUT2D eigenvalue weighted by molar-refractivity contribution is 5.86. The molecule has 0 amide bonds. The van der Waals surface area contributed by atoms with Crippen molar-refractivity contribution in [1.29, 1.82) is 0 Å². The summed E-state index contributed by atoms with van der Waals surface area (Å²) in [5.74, 6) is 1.62. The molecule has 7 nitrogen and oxygen atoms in total. The molecule has 0 aliphatic rings. The SMILES string of the molecule is COc1cc(OC)cc(-c2nc[nH]c2-c2ccc(OC)c(N)c2O)c1. The van der Waals surface area contributed by atoms with Gasteiger partial charge in [-0.25, -0.2) is 4.98 Å². The Kier molecular flexibility index (Phi) is 4.38. The van der Waals surface area contributed by atoms with E-state index in [1.807, 2.05) is 12.1 Å². The van der Waals surface area contributed by atoms with Crippen LogP contribution in [-0.2, 0) is 0 Å². The van der Waals surface area contributed by atoms with Crippen LogP contribution >= 0.6 is 0 Å². The number of aromatic nitrogens is 2. The van der Waals surface area contributed by atoms with Crippen molar-refractivity contribution in [3.05, 3.63) is 36.7 Å². The van der Waals surface area contributed by atoms with Gasteiger partial charge in [-0.15, -0.1) is 0 Å². The second-order valence-corrected chi connectivity index (χ2v) is 5.31. The number of methoxy groups -OCH3 is 3. The number of phenolic OH excluding ortho intramolecular Hbond substituents is 1. The molecule has 25 heavy (non-hydrogen) atoms. The standard InChI is InChI=1S/C18H19N3O4/c1-23-11-6-10(7-12(8-11)24-2)16-17(21-9-20-16)13-4-5-14(25-3)15(19)18(13)22/h4-9,22H,19H2,1-3H3,(H,20,21). The summed E-state index contributed by atoms with van der Waals surface area (Å²) < 4.78 is 15.8. The van der Waals surface area contributed by atoms with Gasteiger partial charge in [0, 0.05) is 17.2 Å². The van der Waals surface area contributed by atoms with Crippen LogP contribution in [0.2, 0.25) is 0 Å². The van der Waals surface area contributed by atoms with Crippen LogP contribution in [0.4, 0.5) is 5.69 Å². The quantitative estimate of drug-likeness (QED) is 0.487. The molecule has 130 valence electrons. The molecule has 0 spiro atoms. The number of phenols is 1. The largest absolute Gasteiger partial charge is 0.505 e. The van der Waals surface area contributed by atoms with Gasteiger partial charge >= 0.3 is 0 Å². The molecular weight excluding hydrogens is 322 g/mol. The Morgan fingerprint density at radius 3 is 2.28 bits per heavy atom. The zero-order valence-electron chi connectivity index (χ0n) is 14.2. The van der Waals surface area contributed by atoms with Gasteiger partial charge in [-0.05, 0) is 24.3 Å². The number of rotatable bonds is 5. The number of aromatic hydroxyl groups is 1. The Bertz CT molecular complexity index is 883. The molecule has 0 aliphatic heterocycles. The first kappa shape index (κ1) is 16.5. The molecule has 0 atom stereocenters. The number of anilines is 1. The van der Waals surface area contributed by atoms with Crippen LogP contribution in [0.3, 0.4) is 0 Å². The van der Waals surface area contributed by atoms with Gasteiger partial charge in [0.1, 0.15) is 22.9 Å². The number of nitrogens with two attached hydrogens (primary N) is 1. The molecule has 4 N–H and O–H groups in total. The number of nitrogens with zero attached hydrogens (tertiary/aromatic N) is 1. The Labute approximate surface area is 145 Å². The Morgan fingerprint density at radius 1 is 1.00 bits per heavy atom. The number of benzene rings is 2. The summed E-state index contributed by atoms with van der Waals surface area (Å²) in [4.78, 5) is 7.43. The van der Waals surface area contributed by atoms with Gasteiger partial charge in [-0.1, -0.05) is 0 Å². The molecule has 0 aliphatic carbocycles. The Balaban J connectivity index is 2.15. The lowest BCUT2D eigenvalue weighted by molar-refractivity contribution is 0.394. The molecule has 7 heteroatoms. The number of nitrogens with one attached hydrogen (secondary N) is 1. The van der Waals surface area contributed by atoms with Crippen molar-refractivity contribution in [2.75, 3.05) is 27.1 Å². The van der Waals surface area contributed by atoms with Gasteiger partial charge < -0.3 is 30.0 Å². The third-order valence-electron chi connectivity index (χ3n) is 3.93. The molecule has 3 aromatic rings. The first-order valence-electron chi connectivity index (χ1n) is 7.51. The topological polar surface area (TPSA) is 103 Å². The Hall–Kier alpha value is -3.35. The molecule has 0 unspecified atom stereocenters. The van der Waals surface area contributed by atoms with E-state index in [2.05, 4.69) is 9.97 Å². The van der Waals surface area contributed by atoms with Gasteiger partial charge in [0.2, 0.25) is 0 Å². The zero-order chi connectivity index (χ0) is 18.0. The van der Waals surface area contributed by atoms with E-state index in [9.17, 15) is 5.11 Å². The fourth-order valence-corrected chi connectivity index (χ4v) is 2.63. The smallest absolute Gasteiger partial charge is 0.151 e. The molecule has 1 heterocycles. The highest BCUT2D eigenvalue weighted by Gasteiger charge is 2.18. The molecule has 1 aromatic heterocycles. The van der Waals surface area contributed by atoms with Crippen LogP contribution in [0.25, 0.3) is 22.5 Å². The first-order chi connectivity index (χ1) is 12.1. The van der Waals surface area contributed by atoms with Gasteiger partial charge in [0.25, 0.3) is 0 Å². The van der Waals surface area contributed by atoms with Crippen molar-refractivity contribution < 1.29 is 19.3 Å². The molecule has 0 saturated heterocycles. The van der Waals surface area contributed by atoms with Crippen molar-refractivity contribution in [3.63, 3.8) is 0 Å². The third-order valence-corrected chi connectivity index (χ3v) is 3.93. The van der Waals surface area contributed by atoms with E-state index in [0.717, 1.165) is 5.56 Å². The fraction of sp³-hybridized carbons (Fsp3) is 0.167. The molecule has 0 saturated carbocycles. The van der Waals surface area contributed by atoms with Crippen LogP contribution < -0.4 is 19.9 Å². The summed E-state index contributed by atoms with van der Waals surface area (Å²) in [5, 5.41) is 10.5. The minimum absolute atomic E-state index is 0.0697. The fourth-order valence-electron chi connectivity index (χ4n) is 2.63. The first-order valence-corrected chi connectivity index (χ1v) is 7.51. The van der Waals surface area contributed by atoms with Gasteiger partial charge in [-0.2, -0.15) is 0 Å². The van der Waals surface area contributed by atoms with Crippen molar-refractivity contribution in [2.24, 2.45) is 0 Å². The minimum atomic E-state index is -0.0697. The van der Waals surface area contributed by atoms with Crippen LogP contribution in [0.5, 0.6) is 23.0 Å². The average molecular weight is 341 g/mol. The summed E-state index contributed by atoms with van der Waals surface area (Å²) in [5.41, 5.74) is 8.66. The van der Waals surface area contributed by atoms with Crippen LogP contribution in [-0.4, -0.2) is 36.4 Å². The average Bonchev–Trinajstić information content (AvgIpc) is 3.13. The van der Waals surface area contributed by atoms with E-state index >= 15 is 0 Å². The van der Waals surface area contributed by atoms with E-state index in [1.54, 1.807) is 38.7 Å². The number of ether oxygens (including phenoxy) is 3. The van der Waals surface area contributed by atoms with Crippen molar-refractivity contribution in [1.82, 2.24) is 9.97 Å². The number of aromatic amines is 1. The monoisotopic (exact) mass is 341 g/mol. The van der Waals surface area contributed by atoms with Gasteiger partial charge in [-0.3, -0.25) is 0 Å². The van der Waals surface area contributed by atoms with Crippen LogP contribution in [0.1, 0.15) is 0 Å². The molecule has 0 fully saturated rings. The number of imidazole rings is 1. The normalized spacial score (nSPS) is 10.5. The van der Waals surface area contributed by atoms with Crippen molar-refractivity contribution >= 4 is 5.69 Å². The zero-order valence-corrected chi connectivity index (χ0v) is 14.2. The molecule has 2 aromatic carbocycles. The maximum Gasteiger partial charge on any atom is 0.151 e. The predicted molar refractivity (Wildman–Crippen MR) is 95.2 cm³/mol. The van der Waals surface area contributed by atoms with E-state index in [0.29, 0.717) is 34.2 Å². The summed E-state index contributed by atoms with van der Waals surface area (Å²) in [6, 6.07) is 8.87. The lowest BCUT2D eigenvalue weighted by Crippen LogP contribution is -1.95. The second-order valence-electron chi connectivity index (χ2n) is 5.31. The number of nitrogen functional groups attached to an aromatic ring is 1. The maximum atomic E-state index is 10.5. The lowest BCUT2D eigenvalue weighted by atomic mass is 10.0.